The monoisotopic (exact) mass is 327 g/mol. The predicted octanol–water partition coefficient (Wildman–Crippen LogP) is 3.28. The van der Waals surface area contributed by atoms with Gasteiger partial charge in [0, 0.05) is 5.69 Å². The Bertz CT molecular complexity index is 612. The Balaban J connectivity index is 2.08. The SMILES string of the molecule is CC1(C)OB(c2cc(C(F)(F)F)nc3c2CCCC3)OC1(C)C. The molecule has 2 heterocycles. The highest BCUT2D eigenvalue weighted by Crippen LogP contribution is 2.38. The average Bonchev–Trinajstić information content (AvgIpc) is 2.65. The molecule has 1 fully saturated rings. The molecule has 126 valence electrons. The first kappa shape index (κ1) is 16.8. The number of pyridine rings is 1. The molecule has 0 N–H and O–H groups in total. The van der Waals surface area contributed by atoms with E-state index in [2.05, 4.69) is 4.98 Å². The van der Waals surface area contributed by atoms with E-state index in [4.69, 9.17) is 9.31 Å². The van der Waals surface area contributed by atoms with E-state index in [0.717, 1.165) is 30.9 Å². The molecule has 0 radical (unpaired) electrons. The third kappa shape index (κ3) is 2.89. The van der Waals surface area contributed by atoms with Crippen LogP contribution in [-0.4, -0.2) is 23.3 Å². The van der Waals surface area contributed by atoms with E-state index in [1.807, 2.05) is 27.7 Å². The van der Waals surface area contributed by atoms with Crippen LogP contribution < -0.4 is 5.46 Å². The molecule has 23 heavy (non-hydrogen) atoms. The van der Waals surface area contributed by atoms with Crippen molar-refractivity contribution in [3.05, 3.63) is 23.0 Å². The predicted molar refractivity (Wildman–Crippen MR) is 81.6 cm³/mol. The highest BCUT2D eigenvalue weighted by molar-refractivity contribution is 6.62. The third-order valence-corrected chi connectivity index (χ3v) is 5.13. The van der Waals surface area contributed by atoms with Crippen LogP contribution in [0.3, 0.4) is 0 Å². The zero-order valence-electron chi connectivity index (χ0n) is 13.9. The lowest BCUT2D eigenvalue weighted by atomic mass is 9.72. The normalized spacial score (nSPS) is 23.0. The smallest absolute Gasteiger partial charge is 0.399 e. The van der Waals surface area contributed by atoms with Crippen LogP contribution in [0.2, 0.25) is 0 Å². The van der Waals surface area contributed by atoms with Gasteiger partial charge in [-0.1, -0.05) is 0 Å². The third-order valence-electron chi connectivity index (χ3n) is 5.13. The van der Waals surface area contributed by atoms with E-state index < -0.39 is 30.2 Å². The molecule has 1 saturated heterocycles. The maximum Gasteiger partial charge on any atom is 0.495 e. The summed E-state index contributed by atoms with van der Waals surface area (Å²) in [4.78, 5) is 3.85. The Morgan fingerprint density at radius 2 is 1.61 bits per heavy atom. The number of alkyl halides is 3. The van der Waals surface area contributed by atoms with Crippen molar-refractivity contribution < 1.29 is 22.5 Å². The van der Waals surface area contributed by atoms with Gasteiger partial charge in [0.1, 0.15) is 5.69 Å². The minimum Gasteiger partial charge on any atom is -0.399 e. The fraction of sp³-hybridized carbons (Fsp3) is 0.688. The van der Waals surface area contributed by atoms with Gasteiger partial charge in [-0.15, -0.1) is 0 Å². The first-order chi connectivity index (χ1) is 10.5. The van der Waals surface area contributed by atoms with Crippen LogP contribution in [0.15, 0.2) is 6.07 Å². The summed E-state index contributed by atoms with van der Waals surface area (Å²) in [6.07, 6.45) is -1.35. The van der Waals surface area contributed by atoms with E-state index in [1.54, 1.807) is 0 Å². The Kier molecular flexibility index (Phi) is 3.80. The number of hydrogen-bond donors (Lipinski definition) is 0. The molecule has 0 amide bonds. The molecule has 0 atom stereocenters. The maximum absolute atomic E-state index is 13.2. The molecule has 3 rings (SSSR count). The summed E-state index contributed by atoms with van der Waals surface area (Å²) in [6, 6.07) is 1.10. The molecule has 1 aromatic rings. The second kappa shape index (κ2) is 5.21. The van der Waals surface area contributed by atoms with Crippen molar-refractivity contribution in [2.45, 2.75) is 70.8 Å². The first-order valence-electron chi connectivity index (χ1n) is 7.97. The number of hydrogen-bond acceptors (Lipinski definition) is 3. The molecular formula is C16H21BF3NO2. The second-order valence-electron chi connectivity index (χ2n) is 7.32. The lowest BCUT2D eigenvalue weighted by Gasteiger charge is -2.32. The van der Waals surface area contributed by atoms with Crippen LogP contribution in [0.1, 0.15) is 57.5 Å². The van der Waals surface area contributed by atoms with Crippen molar-refractivity contribution in [3.63, 3.8) is 0 Å². The lowest BCUT2D eigenvalue weighted by molar-refractivity contribution is -0.141. The Morgan fingerprint density at radius 3 is 2.17 bits per heavy atom. The molecule has 0 bridgehead atoms. The van der Waals surface area contributed by atoms with E-state index in [9.17, 15) is 13.2 Å². The Morgan fingerprint density at radius 1 is 1.04 bits per heavy atom. The fourth-order valence-corrected chi connectivity index (χ4v) is 3.06. The average molecular weight is 327 g/mol. The maximum atomic E-state index is 13.2. The molecule has 2 aliphatic rings. The van der Waals surface area contributed by atoms with Gasteiger partial charge in [0.25, 0.3) is 0 Å². The van der Waals surface area contributed by atoms with Gasteiger partial charge in [-0.25, -0.2) is 4.98 Å². The van der Waals surface area contributed by atoms with Crippen molar-refractivity contribution in [1.82, 2.24) is 4.98 Å². The van der Waals surface area contributed by atoms with E-state index >= 15 is 0 Å². The van der Waals surface area contributed by atoms with E-state index in [1.165, 1.54) is 0 Å². The minimum absolute atomic E-state index is 0.487. The molecule has 3 nitrogen and oxygen atoms in total. The van der Waals surface area contributed by atoms with Crippen LogP contribution >= 0.6 is 0 Å². The van der Waals surface area contributed by atoms with Crippen LogP contribution in [0.5, 0.6) is 0 Å². The Hall–Kier alpha value is -1.08. The molecule has 1 aromatic heterocycles. The highest BCUT2D eigenvalue weighted by Gasteiger charge is 2.53. The van der Waals surface area contributed by atoms with Crippen LogP contribution in [-0.2, 0) is 28.3 Å². The fourth-order valence-electron chi connectivity index (χ4n) is 3.06. The highest BCUT2D eigenvalue weighted by atomic mass is 19.4. The van der Waals surface area contributed by atoms with Gasteiger partial charge in [0.15, 0.2) is 0 Å². The van der Waals surface area contributed by atoms with Crippen LogP contribution in [0.4, 0.5) is 13.2 Å². The van der Waals surface area contributed by atoms with Gasteiger partial charge in [0.2, 0.25) is 0 Å². The number of aromatic nitrogens is 1. The number of nitrogens with zero attached hydrogens (tertiary/aromatic N) is 1. The summed E-state index contributed by atoms with van der Waals surface area (Å²) in [5, 5.41) is 0. The second-order valence-corrected chi connectivity index (χ2v) is 7.32. The number of fused-ring (bicyclic) bond motifs is 1. The minimum atomic E-state index is -4.47. The summed E-state index contributed by atoms with van der Waals surface area (Å²) in [5.41, 5.74) is -0.135. The topological polar surface area (TPSA) is 31.4 Å². The molecule has 0 saturated carbocycles. The van der Waals surface area contributed by atoms with Gasteiger partial charge in [-0.2, -0.15) is 13.2 Å². The number of aryl methyl sites for hydroxylation is 1. The molecule has 1 aliphatic carbocycles. The first-order valence-corrected chi connectivity index (χ1v) is 7.97. The molecule has 7 heteroatoms. The van der Waals surface area contributed by atoms with Crippen molar-refractivity contribution in [2.24, 2.45) is 0 Å². The standard InChI is InChI=1S/C16H21BF3NO2/c1-14(2)15(3,4)23-17(22-14)11-9-13(16(18,19)20)21-12-8-6-5-7-10(11)12/h9H,5-8H2,1-4H3. The van der Waals surface area contributed by atoms with Crippen LogP contribution in [0, 0.1) is 0 Å². The van der Waals surface area contributed by atoms with E-state index in [0.29, 0.717) is 17.6 Å². The van der Waals surface area contributed by atoms with E-state index in [-0.39, 0.29) is 0 Å². The summed E-state index contributed by atoms with van der Waals surface area (Å²) < 4.78 is 51.5. The summed E-state index contributed by atoms with van der Waals surface area (Å²) in [5.74, 6) is 0. The molecule has 0 unspecified atom stereocenters. The van der Waals surface area contributed by atoms with Gasteiger partial charge in [-0.3, -0.25) is 0 Å². The van der Waals surface area contributed by atoms with Crippen molar-refractivity contribution >= 4 is 12.6 Å². The van der Waals surface area contributed by atoms with Crippen molar-refractivity contribution in [1.29, 1.82) is 0 Å². The molecule has 0 aromatic carbocycles. The quantitative estimate of drug-likeness (QED) is 0.742. The van der Waals surface area contributed by atoms with Gasteiger partial charge >= 0.3 is 13.3 Å². The summed E-state index contributed by atoms with van der Waals surface area (Å²) in [6.45, 7) is 7.58. The molecular weight excluding hydrogens is 306 g/mol. The summed E-state index contributed by atoms with van der Waals surface area (Å²) >= 11 is 0. The Labute approximate surface area is 134 Å². The largest absolute Gasteiger partial charge is 0.495 e. The van der Waals surface area contributed by atoms with Gasteiger partial charge < -0.3 is 9.31 Å². The lowest BCUT2D eigenvalue weighted by Crippen LogP contribution is -2.41. The zero-order valence-corrected chi connectivity index (χ0v) is 13.9. The molecule has 0 spiro atoms. The number of rotatable bonds is 1. The molecule has 1 aliphatic heterocycles. The van der Waals surface area contributed by atoms with Crippen molar-refractivity contribution in [2.75, 3.05) is 0 Å². The zero-order chi connectivity index (χ0) is 17.0. The van der Waals surface area contributed by atoms with Gasteiger partial charge in [-0.05, 0) is 70.5 Å². The van der Waals surface area contributed by atoms with Gasteiger partial charge in [0.05, 0.1) is 11.2 Å². The summed E-state index contributed by atoms with van der Waals surface area (Å²) in [7, 11) is -0.782. The van der Waals surface area contributed by atoms with Crippen LogP contribution in [0.25, 0.3) is 0 Å². The van der Waals surface area contributed by atoms with Crippen molar-refractivity contribution in [3.8, 4) is 0 Å². The number of halogens is 3.